The molecule has 1 heterocycles. The Morgan fingerprint density at radius 1 is 1.75 bits per heavy atom. The van der Waals surface area contributed by atoms with E-state index in [1.807, 2.05) is 6.92 Å². The molecule has 2 nitrogen and oxygen atoms in total. The smallest absolute Gasteiger partial charge is 0.166 e. The first-order valence-corrected chi connectivity index (χ1v) is 3.34. The van der Waals surface area contributed by atoms with Gasteiger partial charge in [0.05, 0.1) is 12.7 Å². The van der Waals surface area contributed by atoms with Crippen molar-refractivity contribution in [2.24, 2.45) is 0 Å². The molecular weight excluding hydrogens is 124 g/mol. The van der Waals surface area contributed by atoms with Crippen LogP contribution >= 0.6 is 12.6 Å². The van der Waals surface area contributed by atoms with Gasteiger partial charge in [0.2, 0.25) is 0 Å². The van der Waals surface area contributed by atoms with E-state index in [4.69, 9.17) is 9.47 Å². The molecule has 0 aliphatic carbocycles. The average molecular weight is 134 g/mol. The summed E-state index contributed by atoms with van der Waals surface area (Å²) in [5.41, 5.74) is 0. The molecule has 0 N–H and O–H groups in total. The third-order valence-electron chi connectivity index (χ3n) is 1.05. The minimum absolute atomic E-state index is 0.0617. The van der Waals surface area contributed by atoms with E-state index in [0.717, 1.165) is 0 Å². The molecule has 1 aliphatic heterocycles. The van der Waals surface area contributed by atoms with Gasteiger partial charge in [0.25, 0.3) is 0 Å². The highest BCUT2D eigenvalue weighted by atomic mass is 32.1. The van der Waals surface area contributed by atoms with Crippen LogP contribution in [-0.2, 0) is 9.47 Å². The van der Waals surface area contributed by atoms with Crippen LogP contribution in [0.2, 0.25) is 0 Å². The van der Waals surface area contributed by atoms with Crippen LogP contribution in [0.5, 0.6) is 0 Å². The second-order valence-electron chi connectivity index (χ2n) is 1.89. The average Bonchev–Trinajstić information content (AvgIpc) is 2.14. The summed E-state index contributed by atoms with van der Waals surface area (Å²) in [7, 11) is 0. The summed E-state index contributed by atoms with van der Waals surface area (Å²) in [5.74, 6) is 0.657. The molecule has 8 heavy (non-hydrogen) atoms. The van der Waals surface area contributed by atoms with Gasteiger partial charge in [-0.15, -0.1) is 0 Å². The van der Waals surface area contributed by atoms with Crippen molar-refractivity contribution < 1.29 is 9.47 Å². The molecule has 0 radical (unpaired) electrons. The molecule has 0 spiro atoms. The Morgan fingerprint density at radius 2 is 2.50 bits per heavy atom. The molecule has 1 fully saturated rings. The highest BCUT2D eigenvalue weighted by molar-refractivity contribution is 7.80. The van der Waals surface area contributed by atoms with Crippen molar-refractivity contribution in [2.75, 3.05) is 12.4 Å². The van der Waals surface area contributed by atoms with E-state index in [1.165, 1.54) is 0 Å². The highest BCUT2D eigenvalue weighted by Crippen LogP contribution is 2.10. The fourth-order valence-corrected chi connectivity index (χ4v) is 0.868. The summed E-state index contributed by atoms with van der Waals surface area (Å²) in [6.45, 7) is 2.70. The molecule has 3 heteroatoms. The van der Waals surface area contributed by atoms with Crippen LogP contribution < -0.4 is 0 Å². The number of hydrogen-bond acceptors (Lipinski definition) is 3. The van der Waals surface area contributed by atoms with E-state index in [0.29, 0.717) is 12.4 Å². The number of ether oxygens (including phenoxy) is 2. The van der Waals surface area contributed by atoms with Crippen molar-refractivity contribution in [1.29, 1.82) is 0 Å². The zero-order valence-electron chi connectivity index (χ0n) is 4.83. The molecule has 1 saturated heterocycles. The van der Waals surface area contributed by atoms with Gasteiger partial charge in [0, 0.05) is 5.75 Å². The fourth-order valence-electron chi connectivity index (χ4n) is 0.676. The molecule has 0 amide bonds. The molecule has 1 rings (SSSR count). The van der Waals surface area contributed by atoms with Crippen LogP contribution in [0, 0.1) is 0 Å². The molecule has 0 aromatic carbocycles. The minimum Gasteiger partial charge on any atom is -0.349 e. The quantitative estimate of drug-likeness (QED) is 0.531. The topological polar surface area (TPSA) is 18.5 Å². The predicted octanol–water partition coefficient (Wildman–Crippen LogP) is 0.678. The third kappa shape index (κ3) is 1.37. The van der Waals surface area contributed by atoms with E-state index in [1.54, 1.807) is 0 Å². The van der Waals surface area contributed by atoms with E-state index in [2.05, 4.69) is 12.6 Å². The molecule has 0 unspecified atom stereocenters. The van der Waals surface area contributed by atoms with Crippen LogP contribution in [0.3, 0.4) is 0 Å². The summed E-state index contributed by atoms with van der Waals surface area (Å²) in [4.78, 5) is 0. The zero-order chi connectivity index (χ0) is 5.98. The maximum Gasteiger partial charge on any atom is 0.166 e. The summed E-state index contributed by atoms with van der Waals surface area (Å²) >= 11 is 4.01. The van der Waals surface area contributed by atoms with E-state index >= 15 is 0 Å². The molecule has 1 aliphatic rings. The maximum absolute atomic E-state index is 5.21. The van der Waals surface area contributed by atoms with Gasteiger partial charge in [-0.1, -0.05) is 0 Å². The molecule has 0 saturated carbocycles. The number of rotatable bonds is 1. The number of thiol groups is 1. The Hall–Kier alpha value is 0.270. The van der Waals surface area contributed by atoms with Gasteiger partial charge in [-0.3, -0.25) is 0 Å². The maximum atomic E-state index is 5.21. The summed E-state index contributed by atoms with van der Waals surface area (Å²) in [6.07, 6.45) is 0.195. The van der Waals surface area contributed by atoms with Gasteiger partial charge in [-0.25, -0.2) is 0 Å². The monoisotopic (exact) mass is 134 g/mol. The highest BCUT2D eigenvalue weighted by Gasteiger charge is 2.19. The second kappa shape index (κ2) is 2.71. The Labute approximate surface area is 54.6 Å². The first-order valence-electron chi connectivity index (χ1n) is 2.71. The summed E-state index contributed by atoms with van der Waals surface area (Å²) < 4.78 is 10.3. The van der Waals surface area contributed by atoms with Crippen molar-refractivity contribution in [3.8, 4) is 0 Å². The van der Waals surface area contributed by atoms with Crippen LogP contribution in [0.15, 0.2) is 0 Å². The molecule has 0 aromatic heterocycles. The number of hydrogen-bond donors (Lipinski definition) is 1. The van der Waals surface area contributed by atoms with Crippen molar-refractivity contribution in [2.45, 2.75) is 19.3 Å². The minimum atomic E-state index is -0.0617. The Balaban J connectivity index is 2.22. The third-order valence-corrected chi connectivity index (χ3v) is 1.35. The van der Waals surface area contributed by atoms with Crippen LogP contribution in [-0.4, -0.2) is 24.8 Å². The van der Waals surface area contributed by atoms with Gasteiger partial charge < -0.3 is 9.47 Å². The SMILES string of the molecule is C[C@@H]1CO[C@H](CS)O1. The lowest BCUT2D eigenvalue weighted by atomic mass is 10.5. The summed E-state index contributed by atoms with van der Waals surface area (Å²) in [6, 6.07) is 0. The molecule has 0 aromatic rings. The normalized spacial score (nSPS) is 38.2. The molecule has 2 atom stereocenters. The van der Waals surface area contributed by atoms with Gasteiger partial charge >= 0.3 is 0 Å². The van der Waals surface area contributed by atoms with E-state index < -0.39 is 0 Å². The van der Waals surface area contributed by atoms with Crippen LogP contribution in [0.25, 0.3) is 0 Å². The van der Waals surface area contributed by atoms with Gasteiger partial charge in [0.15, 0.2) is 6.29 Å². The zero-order valence-corrected chi connectivity index (χ0v) is 5.73. The largest absolute Gasteiger partial charge is 0.349 e. The van der Waals surface area contributed by atoms with Gasteiger partial charge in [-0.05, 0) is 6.92 Å². The second-order valence-corrected chi connectivity index (χ2v) is 2.26. The van der Waals surface area contributed by atoms with Crippen molar-refractivity contribution in [3.05, 3.63) is 0 Å². The van der Waals surface area contributed by atoms with E-state index in [9.17, 15) is 0 Å². The standard InChI is InChI=1S/C5H10O2S/c1-4-2-6-5(3-8)7-4/h4-5,8H,2-3H2,1H3/t4-,5+/m1/s1. The predicted molar refractivity (Wildman–Crippen MR) is 34.1 cm³/mol. The van der Waals surface area contributed by atoms with Crippen molar-refractivity contribution >= 4 is 12.6 Å². The lowest BCUT2D eigenvalue weighted by Gasteiger charge is -2.03. The van der Waals surface area contributed by atoms with Crippen molar-refractivity contribution in [3.63, 3.8) is 0 Å². The molecule has 0 bridgehead atoms. The Morgan fingerprint density at radius 3 is 2.75 bits per heavy atom. The van der Waals surface area contributed by atoms with Crippen LogP contribution in [0.1, 0.15) is 6.92 Å². The molecular formula is C5H10O2S. The summed E-state index contributed by atoms with van der Waals surface area (Å²) in [5, 5.41) is 0. The van der Waals surface area contributed by atoms with Gasteiger partial charge in [0.1, 0.15) is 0 Å². The lowest BCUT2D eigenvalue weighted by molar-refractivity contribution is -0.0348. The Bertz CT molecular complexity index is 76.8. The molecule has 48 valence electrons. The first kappa shape index (κ1) is 6.39. The Kier molecular flexibility index (Phi) is 2.16. The van der Waals surface area contributed by atoms with Gasteiger partial charge in [-0.2, -0.15) is 12.6 Å². The van der Waals surface area contributed by atoms with Crippen molar-refractivity contribution in [1.82, 2.24) is 0 Å². The fraction of sp³-hybridized carbons (Fsp3) is 1.00. The lowest BCUT2D eigenvalue weighted by Crippen LogP contribution is -2.10. The first-order chi connectivity index (χ1) is 3.83. The van der Waals surface area contributed by atoms with Crippen LogP contribution in [0.4, 0.5) is 0 Å². The van der Waals surface area contributed by atoms with E-state index in [-0.39, 0.29) is 12.4 Å².